The number of nitrogens with two attached hydrogens (primary N) is 1. The molecule has 4 nitrogen and oxygen atoms in total. The van der Waals surface area contributed by atoms with Gasteiger partial charge in [0.05, 0.1) is 11.6 Å². The van der Waals surface area contributed by atoms with Crippen molar-refractivity contribution in [2.75, 3.05) is 0 Å². The number of aromatic nitrogens is 2. The molecule has 0 radical (unpaired) electrons. The van der Waals surface area contributed by atoms with Crippen molar-refractivity contribution in [3.05, 3.63) is 145 Å². The number of aryl methyl sites for hydroxylation is 2. The molecule has 0 saturated carbocycles. The molecule has 0 aliphatic carbocycles. The third-order valence-electron chi connectivity index (χ3n) is 7.94. The molecular weight excluding hydrogens is 476 g/mol. The van der Waals surface area contributed by atoms with Crippen LogP contribution in [0.25, 0.3) is 0 Å². The Morgan fingerprint density at radius 1 is 0.667 bits per heavy atom. The van der Waals surface area contributed by atoms with Crippen molar-refractivity contribution in [1.82, 2.24) is 0 Å². The van der Waals surface area contributed by atoms with Crippen molar-refractivity contribution in [2.24, 2.45) is 4.99 Å². The van der Waals surface area contributed by atoms with Crippen molar-refractivity contribution in [3.8, 4) is 0 Å². The van der Waals surface area contributed by atoms with Crippen molar-refractivity contribution >= 4 is 17.1 Å². The average molecular weight is 514 g/mol. The van der Waals surface area contributed by atoms with Gasteiger partial charge in [0.2, 0.25) is 0 Å². The van der Waals surface area contributed by atoms with Crippen LogP contribution in [0.3, 0.4) is 0 Å². The second kappa shape index (κ2) is 12.1. The van der Waals surface area contributed by atoms with E-state index in [1.54, 1.807) is 0 Å². The standard InChI is InChI=1S/C35H36N4/c1-7-22-38(23-8-1)26-12-16-30-28-14-3-5-18-32(28)36-34(30)20-11-21-35-31(29-15-4-6-19-33(29)37-35)17-13-27-39-24-9-2-10-25-39/h1-11,14-15,18-25,30-31,36H,12-13,16-17,26-27H2/q+2/p+1/b21-11+,34-20-. The molecule has 2 atom stereocenters. The Morgan fingerprint density at radius 2 is 1.28 bits per heavy atom. The molecule has 0 amide bonds. The van der Waals surface area contributed by atoms with E-state index in [4.69, 9.17) is 4.99 Å². The number of para-hydroxylation sites is 2. The van der Waals surface area contributed by atoms with E-state index >= 15 is 0 Å². The highest BCUT2D eigenvalue weighted by atomic mass is 14.9. The lowest BCUT2D eigenvalue weighted by atomic mass is 9.90. The average Bonchev–Trinajstić information content (AvgIpc) is 3.52. The van der Waals surface area contributed by atoms with Crippen LogP contribution in [0.4, 0.5) is 11.4 Å². The van der Waals surface area contributed by atoms with Crippen LogP contribution in [-0.2, 0) is 13.1 Å². The van der Waals surface area contributed by atoms with Gasteiger partial charge in [0, 0.05) is 54.3 Å². The summed E-state index contributed by atoms with van der Waals surface area (Å²) in [7, 11) is 0. The van der Waals surface area contributed by atoms with Gasteiger partial charge in [0.15, 0.2) is 24.8 Å². The molecule has 2 aromatic heterocycles. The van der Waals surface area contributed by atoms with E-state index in [1.165, 1.54) is 28.2 Å². The van der Waals surface area contributed by atoms with Crippen LogP contribution < -0.4 is 14.5 Å². The number of aliphatic imine (C=N–C) groups is 1. The van der Waals surface area contributed by atoms with E-state index in [1.807, 2.05) is 0 Å². The van der Waals surface area contributed by atoms with E-state index in [9.17, 15) is 0 Å². The second-order valence-corrected chi connectivity index (χ2v) is 10.5. The summed E-state index contributed by atoms with van der Waals surface area (Å²) in [6, 6.07) is 30.1. The Bertz CT molecular complexity index is 1490. The lowest BCUT2D eigenvalue weighted by Crippen LogP contribution is -2.73. The highest BCUT2D eigenvalue weighted by Gasteiger charge is 2.31. The van der Waals surface area contributed by atoms with E-state index in [0.717, 1.165) is 44.5 Å². The summed E-state index contributed by atoms with van der Waals surface area (Å²) in [4.78, 5) is 5.05. The first-order chi connectivity index (χ1) is 19.3. The minimum atomic E-state index is 0.351. The molecule has 2 unspecified atom stereocenters. The van der Waals surface area contributed by atoms with Gasteiger partial charge in [-0.3, -0.25) is 10.3 Å². The summed E-state index contributed by atoms with van der Waals surface area (Å²) < 4.78 is 4.54. The summed E-state index contributed by atoms with van der Waals surface area (Å²) in [5, 5.41) is 2.37. The smallest absolute Gasteiger partial charge is 0.168 e. The molecule has 194 valence electrons. The minimum Gasteiger partial charge on any atom is -0.284 e. The third kappa shape index (κ3) is 5.97. The second-order valence-electron chi connectivity index (χ2n) is 10.5. The molecule has 2 aliphatic rings. The van der Waals surface area contributed by atoms with Crippen LogP contribution in [0.15, 0.2) is 139 Å². The summed E-state index contributed by atoms with van der Waals surface area (Å²) in [5.74, 6) is 0.792. The molecule has 4 heterocycles. The van der Waals surface area contributed by atoms with Gasteiger partial charge in [-0.05, 0) is 42.7 Å². The Labute approximate surface area is 231 Å². The van der Waals surface area contributed by atoms with Crippen LogP contribution in [0.2, 0.25) is 0 Å². The molecule has 4 heteroatoms. The maximum Gasteiger partial charge on any atom is 0.168 e. The van der Waals surface area contributed by atoms with Gasteiger partial charge < -0.3 is 0 Å². The Hall–Kier alpha value is -4.15. The molecule has 2 aromatic carbocycles. The summed E-state index contributed by atoms with van der Waals surface area (Å²) >= 11 is 0. The number of hydrogen-bond donors (Lipinski definition) is 1. The van der Waals surface area contributed by atoms with Crippen molar-refractivity contribution in [1.29, 1.82) is 0 Å². The van der Waals surface area contributed by atoms with Gasteiger partial charge in [-0.1, -0.05) is 54.6 Å². The molecule has 2 aliphatic heterocycles. The van der Waals surface area contributed by atoms with Gasteiger partial charge in [-0.2, -0.15) is 0 Å². The molecule has 6 rings (SSSR count). The zero-order valence-corrected chi connectivity index (χ0v) is 22.4. The van der Waals surface area contributed by atoms with Crippen molar-refractivity contribution in [3.63, 3.8) is 0 Å². The predicted octanol–water partition coefficient (Wildman–Crippen LogP) is 5.82. The molecule has 2 N–H and O–H groups in total. The lowest BCUT2D eigenvalue weighted by Gasteiger charge is -2.12. The fourth-order valence-electron chi connectivity index (χ4n) is 6.00. The SMILES string of the molecule is C(/C=C/C1=Nc2ccccc2C1CCC[n+]1ccccc1)=C1/[NH2+]c2ccccc2C1CCC[n+]1ccccc1. The van der Waals surface area contributed by atoms with Crippen LogP contribution in [0.1, 0.15) is 48.6 Å². The van der Waals surface area contributed by atoms with Gasteiger partial charge >= 0.3 is 0 Å². The lowest BCUT2D eigenvalue weighted by molar-refractivity contribution is -0.697. The summed E-state index contributed by atoms with van der Waals surface area (Å²) in [6.45, 7) is 2.07. The number of hydrogen-bond acceptors (Lipinski definition) is 1. The topological polar surface area (TPSA) is 36.7 Å². The number of quaternary nitrogens is 1. The molecule has 0 fully saturated rings. The zero-order chi connectivity index (χ0) is 26.3. The van der Waals surface area contributed by atoms with E-state index in [-0.39, 0.29) is 0 Å². The predicted molar refractivity (Wildman–Crippen MR) is 156 cm³/mol. The fraction of sp³-hybridized carbons (Fsp3) is 0.229. The monoisotopic (exact) mass is 513 g/mol. The molecule has 0 saturated heterocycles. The number of allylic oxidation sites excluding steroid dienone is 4. The van der Waals surface area contributed by atoms with Crippen LogP contribution in [0.5, 0.6) is 0 Å². The van der Waals surface area contributed by atoms with Gasteiger partial charge in [-0.25, -0.2) is 9.13 Å². The third-order valence-corrected chi connectivity index (χ3v) is 7.94. The number of pyridine rings is 2. The van der Waals surface area contributed by atoms with Gasteiger partial charge in [0.25, 0.3) is 0 Å². The molecule has 4 aromatic rings. The number of rotatable bonds is 10. The molecular formula is C35H37N4+3. The van der Waals surface area contributed by atoms with E-state index in [0.29, 0.717) is 11.8 Å². The van der Waals surface area contributed by atoms with Gasteiger partial charge in [-0.15, -0.1) is 0 Å². The largest absolute Gasteiger partial charge is 0.284 e. The van der Waals surface area contributed by atoms with Gasteiger partial charge in [0.1, 0.15) is 24.5 Å². The molecule has 0 bridgehead atoms. The van der Waals surface area contributed by atoms with E-state index in [2.05, 4.69) is 142 Å². The number of fused-ring (bicyclic) bond motifs is 2. The van der Waals surface area contributed by atoms with E-state index < -0.39 is 0 Å². The molecule has 0 spiro atoms. The number of nitrogens with zero attached hydrogens (tertiary/aromatic N) is 3. The first-order valence-corrected chi connectivity index (χ1v) is 14.2. The highest BCUT2D eigenvalue weighted by molar-refractivity contribution is 6.05. The first-order valence-electron chi connectivity index (χ1n) is 14.2. The van der Waals surface area contributed by atoms with Crippen molar-refractivity contribution in [2.45, 2.75) is 50.6 Å². The fourth-order valence-corrected chi connectivity index (χ4v) is 6.00. The van der Waals surface area contributed by atoms with Crippen LogP contribution in [-0.4, -0.2) is 5.71 Å². The van der Waals surface area contributed by atoms with Crippen LogP contribution >= 0.6 is 0 Å². The Balaban J connectivity index is 1.16. The number of benzene rings is 2. The van der Waals surface area contributed by atoms with Crippen molar-refractivity contribution < 1.29 is 14.5 Å². The summed E-state index contributed by atoms with van der Waals surface area (Å²) in [6.07, 6.45) is 19.9. The van der Waals surface area contributed by atoms with Crippen LogP contribution in [0, 0.1) is 0 Å². The highest BCUT2D eigenvalue weighted by Crippen LogP contribution is 2.39. The Kier molecular flexibility index (Phi) is 7.83. The summed E-state index contributed by atoms with van der Waals surface area (Å²) in [5.41, 5.74) is 7.88. The maximum atomic E-state index is 5.05. The quantitative estimate of drug-likeness (QED) is 0.205. The maximum absolute atomic E-state index is 5.05. The molecule has 39 heavy (non-hydrogen) atoms. The normalized spacial score (nSPS) is 18.9. The zero-order valence-electron chi connectivity index (χ0n) is 22.4. The minimum absolute atomic E-state index is 0.351. The Morgan fingerprint density at radius 3 is 2.00 bits per heavy atom. The first kappa shape index (κ1) is 25.1.